The van der Waals surface area contributed by atoms with Crippen molar-refractivity contribution in [3.05, 3.63) is 22.4 Å². The Morgan fingerprint density at radius 2 is 2.08 bits per heavy atom. The number of amides is 1. The molecule has 0 aromatic carbocycles. The van der Waals surface area contributed by atoms with Gasteiger partial charge in [-0.05, 0) is 6.92 Å². The molecule has 24 heavy (non-hydrogen) atoms. The number of morpholine rings is 1. The van der Waals surface area contributed by atoms with E-state index in [4.69, 9.17) is 14.0 Å². The van der Waals surface area contributed by atoms with Crippen molar-refractivity contribution in [2.75, 3.05) is 32.9 Å². The number of carbonyl (C=O) groups excluding carboxylic acids is 2. The summed E-state index contributed by atoms with van der Waals surface area (Å²) >= 11 is 0. The molecule has 128 valence electrons. The number of rotatable bonds is 4. The molecule has 0 radical (unpaired) electrons. The maximum atomic E-state index is 12.6. The van der Waals surface area contributed by atoms with Crippen LogP contribution < -0.4 is 5.56 Å². The van der Waals surface area contributed by atoms with Crippen LogP contribution in [0, 0.1) is 0 Å². The van der Waals surface area contributed by atoms with Crippen LogP contribution in [0.1, 0.15) is 17.4 Å². The quantitative estimate of drug-likeness (QED) is 0.681. The smallest absolute Gasteiger partial charge is 0.361 e. The fourth-order valence-electron chi connectivity index (χ4n) is 2.39. The molecule has 0 unspecified atom stereocenters. The number of hydrogen-bond donors (Lipinski definition) is 0. The van der Waals surface area contributed by atoms with Gasteiger partial charge in [0.15, 0.2) is 0 Å². The molecule has 0 saturated carbocycles. The van der Waals surface area contributed by atoms with Crippen LogP contribution in [0.3, 0.4) is 0 Å². The topological polar surface area (TPSA) is 117 Å². The summed E-state index contributed by atoms with van der Waals surface area (Å²) in [7, 11) is 0. The normalized spacial score (nSPS) is 14.8. The molecule has 2 aromatic rings. The minimum absolute atomic E-state index is 0.0712. The second-order valence-corrected chi connectivity index (χ2v) is 5.10. The molecule has 0 N–H and O–H groups in total. The molecule has 1 saturated heterocycles. The maximum absolute atomic E-state index is 12.6. The lowest BCUT2D eigenvalue weighted by Gasteiger charge is -2.26. The zero-order valence-corrected chi connectivity index (χ0v) is 13.1. The van der Waals surface area contributed by atoms with Crippen LogP contribution in [0.25, 0.3) is 11.1 Å². The summed E-state index contributed by atoms with van der Waals surface area (Å²) in [5, 5.41) is 3.46. The van der Waals surface area contributed by atoms with Crippen LogP contribution in [0.5, 0.6) is 0 Å². The Hall–Kier alpha value is -2.75. The van der Waals surface area contributed by atoms with Crippen molar-refractivity contribution in [3.63, 3.8) is 0 Å². The first-order valence-electron chi connectivity index (χ1n) is 7.49. The highest BCUT2D eigenvalue weighted by Gasteiger charge is 2.24. The van der Waals surface area contributed by atoms with Gasteiger partial charge < -0.3 is 18.9 Å². The number of ether oxygens (including phenoxy) is 2. The highest BCUT2D eigenvalue weighted by atomic mass is 16.5. The number of nitrogens with zero attached hydrogens (tertiary/aromatic N) is 4. The predicted octanol–water partition coefficient (Wildman–Crippen LogP) is -0.580. The van der Waals surface area contributed by atoms with Crippen LogP contribution in [0.15, 0.2) is 15.6 Å². The molecule has 0 aliphatic carbocycles. The van der Waals surface area contributed by atoms with E-state index in [1.807, 2.05) is 0 Å². The lowest BCUT2D eigenvalue weighted by Crippen LogP contribution is -2.43. The molecule has 1 aliphatic heterocycles. The molecule has 10 nitrogen and oxygen atoms in total. The molecule has 1 amide bonds. The van der Waals surface area contributed by atoms with E-state index in [0.717, 1.165) is 4.57 Å². The molecule has 2 aromatic heterocycles. The van der Waals surface area contributed by atoms with Gasteiger partial charge in [-0.15, -0.1) is 0 Å². The Kier molecular flexibility index (Phi) is 4.56. The Morgan fingerprint density at radius 3 is 2.79 bits per heavy atom. The van der Waals surface area contributed by atoms with Gasteiger partial charge in [-0.1, -0.05) is 5.16 Å². The summed E-state index contributed by atoms with van der Waals surface area (Å²) in [5.41, 5.74) is -0.887. The first-order chi connectivity index (χ1) is 11.6. The summed E-state index contributed by atoms with van der Waals surface area (Å²) in [6, 6.07) is 0. The summed E-state index contributed by atoms with van der Waals surface area (Å²) in [6.07, 6.45) is 1.20. The predicted molar refractivity (Wildman–Crippen MR) is 79.4 cm³/mol. The molecule has 0 atom stereocenters. The second kappa shape index (κ2) is 6.79. The zero-order valence-electron chi connectivity index (χ0n) is 13.1. The Labute approximate surface area is 135 Å². The van der Waals surface area contributed by atoms with E-state index in [2.05, 4.69) is 10.1 Å². The third-order valence-electron chi connectivity index (χ3n) is 3.60. The van der Waals surface area contributed by atoms with E-state index >= 15 is 0 Å². The number of esters is 1. The van der Waals surface area contributed by atoms with Crippen molar-refractivity contribution in [2.45, 2.75) is 13.5 Å². The van der Waals surface area contributed by atoms with Crippen molar-refractivity contribution >= 4 is 23.0 Å². The number of carbonyl (C=O) groups is 2. The van der Waals surface area contributed by atoms with Gasteiger partial charge >= 0.3 is 5.97 Å². The number of fused-ring (bicyclic) bond motifs is 1. The van der Waals surface area contributed by atoms with Gasteiger partial charge in [0.05, 0.1) is 19.8 Å². The van der Waals surface area contributed by atoms with E-state index in [0.29, 0.717) is 26.3 Å². The van der Waals surface area contributed by atoms with E-state index in [1.165, 1.54) is 6.33 Å². The van der Waals surface area contributed by atoms with Crippen molar-refractivity contribution in [1.82, 2.24) is 19.6 Å². The van der Waals surface area contributed by atoms with Crippen molar-refractivity contribution < 1.29 is 23.6 Å². The molecular weight excluding hydrogens is 320 g/mol. The van der Waals surface area contributed by atoms with Gasteiger partial charge in [-0.3, -0.25) is 14.2 Å². The van der Waals surface area contributed by atoms with Gasteiger partial charge in [0.25, 0.3) is 11.3 Å². The van der Waals surface area contributed by atoms with Gasteiger partial charge in [0, 0.05) is 13.1 Å². The first kappa shape index (κ1) is 16.1. The molecule has 0 spiro atoms. The van der Waals surface area contributed by atoms with Gasteiger partial charge in [-0.2, -0.15) is 0 Å². The van der Waals surface area contributed by atoms with Crippen LogP contribution >= 0.6 is 0 Å². The fraction of sp³-hybridized carbons (Fsp3) is 0.500. The highest BCUT2D eigenvalue weighted by Crippen LogP contribution is 2.13. The average Bonchev–Trinajstić information content (AvgIpc) is 3.03. The van der Waals surface area contributed by atoms with Gasteiger partial charge in [0.1, 0.15) is 18.3 Å². The maximum Gasteiger partial charge on any atom is 0.361 e. The third-order valence-corrected chi connectivity index (χ3v) is 3.60. The lowest BCUT2D eigenvalue weighted by atomic mass is 10.3. The van der Waals surface area contributed by atoms with Crippen molar-refractivity contribution in [2.24, 2.45) is 0 Å². The van der Waals surface area contributed by atoms with Crippen LogP contribution in [-0.4, -0.2) is 64.4 Å². The standard InChI is InChI=1S/C14H16N4O6/c1-2-23-14(21)11-10-12(24-16-11)15-8-18(13(10)20)7-9(19)17-3-5-22-6-4-17/h8H,2-7H2,1H3. The van der Waals surface area contributed by atoms with Gasteiger partial charge in [0.2, 0.25) is 11.6 Å². The summed E-state index contributed by atoms with van der Waals surface area (Å²) in [6.45, 7) is 3.48. The lowest BCUT2D eigenvalue weighted by molar-refractivity contribution is -0.135. The van der Waals surface area contributed by atoms with Gasteiger partial charge in [-0.25, -0.2) is 9.78 Å². The zero-order chi connectivity index (χ0) is 17.1. The van der Waals surface area contributed by atoms with Crippen LogP contribution in [0.2, 0.25) is 0 Å². The highest BCUT2D eigenvalue weighted by molar-refractivity contribution is 5.99. The number of hydrogen-bond acceptors (Lipinski definition) is 8. The molecular formula is C14H16N4O6. The summed E-state index contributed by atoms with van der Waals surface area (Å²) in [4.78, 5) is 42.2. The minimum Gasteiger partial charge on any atom is -0.461 e. The summed E-state index contributed by atoms with van der Waals surface area (Å²) < 4.78 is 16.0. The van der Waals surface area contributed by atoms with E-state index < -0.39 is 11.5 Å². The van der Waals surface area contributed by atoms with Crippen LogP contribution in [0.4, 0.5) is 0 Å². The molecule has 1 aliphatic rings. The first-order valence-corrected chi connectivity index (χ1v) is 7.49. The Morgan fingerprint density at radius 1 is 1.33 bits per heavy atom. The molecule has 1 fully saturated rings. The second-order valence-electron chi connectivity index (χ2n) is 5.10. The van der Waals surface area contributed by atoms with Crippen molar-refractivity contribution in [3.8, 4) is 0 Å². The molecule has 10 heteroatoms. The minimum atomic E-state index is -0.771. The molecule has 3 heterocycles. The van der Waals surface area contributed by atoms with E-state index in [-0.39, 0.29) is 35.9 Å². The molecule has 0 bridgehead atoms. The van der Waals surface area contributed by atoms with E-state index in [1.54, 1.807) is 11.8 Å². The van der Waals surface area contributed by atoms with Crippen molar-refractivity contribution in [1.29, 1.82) is 0 Å². The monoisotopic (exact) mass is 336 g/mol. The van der Waals surface area contributed by atoms with Crippen LogP contribution in [-0.2, 0) is 20.8 Å². The SMILES string of the molecule is CCOC(=O)c1noc2ncn(CC(=O)N3CCOCC3)c(=O)c12. The Bertz CT molecular complexity index is 820. The summed E-state index contributed by atoms with van der Waals surface area (Å²) in [5.74, 6) is -0.997. The average molecular weight is 336 g/mol. The molecule has 3 rings (SSSR count). The largest absolute Gasteiger partial charge is 0.461 e. The number of aromatic nitrogens is 3. The fourth-order valence-corrected chi connectivity index (χ4v) is 2.39. The Balaban J connectivity index is 1.90. The third kappa shape index (κ3) is 3.00. The van der Waals surface area contributed by atoms with E-state index in [9.17, 15) is 14.4 Å².